The van der Waals surface area contributed by atoms with Crippen LogP contribution in [0.4, 0.5) is 10.5 Å². The molecule has 9 heteroatoms. The first-order chi connectivity index (χ1) is 13.4. The Kier molecular flexibility index (Phi) is 8.69. The quantitative estimate of drug-likeness (QED) is 0.477. The van der Waals surface area contributed by atoms with E-state index < -0.39 is 5.97 Å². The minimum atomic E-state index is -0.463. The van der Waals surface area contributed by atoms with Crippen LogP contribution in [-0.2, 0) is 16.0 Å². The molecule has 1 heterocycles. The molecule has 1 aromatic carbocycles. The molecule has 152 valence electrons. The van der Waals surface area contributed by atoms with E-state index >= 15 is 0 Å². The molecular weight excluding hydrogens is 402 g/mol. The summed E-state index contributed by atoms with van der Waals surface area (Å²) in [4.78, 5) is 30.5. The van der Waals surface area contributed by atoms with Gasteiger partial charge in [-0.05, 0) is 38.0 Å². The Bertz CT molecular complexity index is 812. The molecule has 1 N–H and O–H groups in total. The van der Waals surface area contributed by atoms with Crippen molar-refractivity contribution in [1.29, 1.82) is 0 Å². The number of benzene rings is 1. The molecule has 0 fully saturated rings. The number of halogens is 1. The molecule has 0 aliphatic rings. The number of carbonyl (C=O) groups is 2. The third kappa shape index (κ3) is 6.47. The lowest BCUT2D eigenvalue weighted by atomic mass is 10.2. The molecular formula is C19H24ClN3O4S. The lowest BCUT2D eigenvalue weighted by Gasteiger charge is -2.22. The molecule has 1 aromatic heterocycles. The van der Waals surface area contributed by atoms with Gasteiger partial charge in [0.1, 0.15) is 5.01 Å². The predicted molar refractivity (Wildman–Crippen MR) is 110 cm³/mol. The van der Waals surface area contributed by atoms with Crippen LogP contribution in [0.1, 0.15) is 34.4 Å². The molecule has 0 aliphatic heterocycles. The number of amides is 2. The Morgan fingerprint density at radius 2 is 2.14 bits per heavy atom. The molecule has 0 spiro atoms. The number of thiazole rings is 1. The zero-order chi connectivity index (χ0) is 20.5. The van der Waals surface area contributed by atoms with Gasteiger partial charge in [0.05, 0.1) is 13.2 Å². The number of carbonyl (C=O) groups excluding carboxylic acids is 2. The zero-order valence-corrected chi connectivity index (χ0v) is 17.7. The number of urea groups is 1. The van der Waals surface area contributed by atoms with E-state index in [1.54, 1.807) is 36.4 Å². The number of aromatic nitrogens is 1. The number of anilines is 1. The number of aryl methyl sites for hydroxylation is 1. The molecule has 2 amide bonds. The second-order valence-corrected chi connectivity index (χ2v) is 7.36. The number of hydrogen-bond acceptors (Lipinski definition) is 6. The summed E-state index contributed by atoms with van der Waals surface area (Å²) < 4.78 is 10.0. The normalized spacial score (nSPS) is 10.6. The van der Waals surface area contributed by atoms with Crippen molar-refractivity contribution in [3.05, 3.63) is 44.9 Å². The Labute approximate surface area is 173 Å². The van der Waals surface area contributed by atoms with Crippen LogP contribution in [0.5, 0.6) is 0 Å². The van der Waals surface area contributed by atoms with Gasteiger partial charge in [-0.25, -0.2) is 14.6 Å². The first-order valence-corrected chi connectivity index (χ1v) is 10.1. The molecule has 0 radical (unpaired) electrons. The smallest absolute Gasteiger partial charge is 0.357 e. The Morgan fingerprint density at radius 3 is 2.82 bits per heavy atom. The van der Waals surface area contributed by atoms with Crippen LogP contribution in [0.25, 0.3) is 0 Å². The lowest BCUT2D eigenvalue weighted by Crippen LogP contribution is -2.35. The van der Waals surface area contributed by atoms with Crippen molar-refractivity contribution in [1.82, 2.24) is 9.88 Å². The SMILES string of the molecule is CCOC(=O)c1csc(CN(CCCOC)C(=O)Nc2ccc(C)c(Cl)c2)n1. The van der Waals surface area contributed by atoms with E-state index in [-0.39, 0.29) is 24.9 Å². The van der Waals surface area contributed by atoms with Gasteiger partial charge in [-0.1, -0.05) is 17.7 Å². The van der Waals surface area contributed by atoms with Gasteiger partial charge < -0.3 is 19.7 Å². The molecule has 2 rings (SSSR count). The summed E-state index contributed by atoms with van der Waals surface area (Å²) in [6, 6.07) is 5.09. The fourth-order valence-electron chi connectivity index (χ4n) is 2.37. The summed E-state index contributed by atoms with van der Waals surface area (Å²) in [5, 5.41) is 5.73. The lowest BCUT2D eigenvalue weighted by molar-refractivity contribution is 0.0520. The van der Waals surface area contributed by atoms with Crippen LogP contribution < -0.4 is 5.32 Å². The largest absolute Gasteiger partial charge is 0.461 e. The van der Waals surface area contributed by atoms with E-state index in [4.69, 9.17) is 21.1 Å². The summed E-state index contributed by atoms with van der Waals surface area (Å²) in [6.07, 6.45) is 0.675. The molecule has 0 unspecified atom stereocenters. The van der Waals surface area contributed by atoms with E-state index in [0.29, 0.717) is 35.3 Å². The van der Waals surface area contributed by atoms with Gasteiger partial charge in [0, 0.05) is 36.4 Å². The monoisotopic (exact) mass is 425 g/mol. The van der Waals surface area contributed by atoms with Gasteiger partial charge >= 0.3 is 12.0 Å². The molecule has 7 nitrogen and oxygen atoms in total. The fraction of sp³-hybridized carbons (Fsp3) is 0.421. The second-order valence-electron chi connectivity index (χ2n) is 6.01. The van der Waals surface area contributed by atoms with E-state index in [1.165, 1.54) is 11.3 Å². The number of ether oxygens (including phenoxy) is 2. The molecule has 0 atom stereocenters. The van der Waals surface area contributed by atoms with Crippen molar-refractivity contribution in [2.75, 3.05) is 32.2 Å². The average molecular weight is 426 g/mol. The highest BCUT2D eigenvalue weighted by Crippen LogP contribution is 2.21. The highest BCUT2D eigenvalue weighted by Gasteiger charge is 2.18. The first-order valence-electron chi connectivity index (χ1n) is 8.87. The van der Waals surface area contributed by atoms with Gasteiger partial charge in [-0.15, -0.1) is 11.3 Å². The van der Waals surface area contributed by atoms with Crippen molar-refractivity contribution in [2.45, 2.75) is 26.8 Å². The maximum atomic E-state index is 12.8. The predicted octanol–water partition coefficient (Wildman–Crippen LogP) is 4.35. The van der Waals surface area contributed by atoms with E-state index in [0.717, 1.165) is 5.56 Å². The molecule has 0 bridgehead atoms. The fourth-order valence-corrected chi connectivity index (χ4v) is 3.33. The molecule has 0 aliphatic carbocycles. The summed E-state index contributed by atoms with van der Waals surface area (Å²) in [7, 11) is 1.62. The van der Waals surface area contributed by atoms with E-state index in [2.05, 4.69) is 10.3 Å². The summed E-state index contributed by atoms with van der Waals surface area (Å²) in [5.41, 5.74) is 1.80. The highest BCUT2D eigenvalue weighted by molar-refractivity contribution is 7.09. The maximum Gasteiger partial charge on any atom is 0.357 e. The third-order valence-corrected chi connectivity index (χ3v) is 5.09. The number of methoxy groups -OCH3 is 1. The Morgan fingerprint density at radius 1 is 1.36 bits per heavy atom. The van der Waals surface area contributed by atoms with Gasteiger partial charge in [0.2, 0.25) is 0 Å². The van der Waals surface area contributed by atoms with E-state index in [1.807, 2.05) is 13.0 Å². The number of hydrogen-bond donors (Lipinski definition) is 1. The third-order valence-electron chi connectivity index (χ3n) is 3.85. The van der Waals surface area contributed by atoms with Gasteiger partial charge in [-0.2, -0.15) is 0 Å². The number of rotatable bonds is 9. The van der Waals surface area contributed by atoms with Crippen molar-refractivity contribution in [3.63, 3.8) is 0 Å². The van der Waals surface area contributed by atoms with Crippen molar-refractivity contribution >= 4 is 40.6 Å². The van der Waals surface area contributed by atoms with Crippen LogP contribution in [0, 0.1) is 6.92 Å². The zero-order valence-electron chi connectivity index (χ0n) is 16.2. The summed E-state index contributed by atoms with van der Waals surface area (Å²) in [5.74, 6) is -0.463. The average Bonchev–Trinajstić information content (AvgIpc) is 3.13. The van der Waals surface area contributed by atoms with Crippen LogP contribution in [0.15, 0.2) is 23.6 Å². The topological polar surface area (TPSA) is 80.8 Å². The van der Waals surface area contributed by atoms with Crippen LogP contribution in [0.3, 0.4) is 0 Å². The minimum Gasteiger partial charge on any atom is -0.461 e. The van der Waals surface area contributed by atoms with Gasteiger partial charge in [0.25, 0.3) is 0 Å². The van der Waals surface area contributed by atoms with Crippen molar-refractivity contribution in [3.8, 4) is 0 Å². The summed E-state index contributed by atoms with van der Waals surface area (Å²) in [6.45, 7) is 5.22. The second kappa shape index (κ2) is 11.0. The minimum absolute atomic E-state index is 0.254. The molecule has 0 saturated carbocycles. The number of esters is 1. The Hall–Kier alpha value is -2.16. The molecule has 0 saturated heterocycles. The van der Waals surface area contributed by atoms with Crippen LogP contribution in [0.2, 0.25) is 5.02 Å². The van der Waals surface area contributed by atoms with Crippen LogP contribution >= 0.6 is 22.9 Å². The van der Waals surface area contributed by atoms with Crippen LogP contribution in [-0.4, -0.2) is 48.8 Å². The molecule has 28 heavy (non-hydrogen) atoms. The number of nitrogens with one attached hydrogen (secondary N) is 1. The van der Waals surface area contributed by atoms with Gasteiger partial charge in [0.15, 0.2) is 5.69 Å². The van der Waals surface area contributed by atoms with Crippen molar-refractivity contribution in [2.24, 2.45) is 0 Å². The Balaban J connectivity index is 2.08. The summed E-state index contributed by atoms with van der Waals surface area (Å²) >= 11 is 7.45. The standard InChI is InChI=1S/C19H24ClN3O4S/c1-4-27-18(24)16-12-28-17(22-16)11-23(8-5-9-26-3)19(25)21-14-7-6-13(2)15(20)10-14/h6-7,10,12H,4-5,8-9,11H2,1-3H3,(H,21,25). The van der Waals surface area contributed by atoms with Crippen molar-refractivity contribution < 1.29 is 19.1 Å². The number of nitrogens with zero attached hydrogens (tertiary/aromatic N) is 2. The first kappa shape index (κ1) is 22.1. The highest BCUT2D eigenvalue weighted by atomic mass is 35.5. The maximum absolute atomic E-state index is 12.8. The van der Waals surface area contributed by atoms with E-state index in [9.17, 15) is 9.59 Å². The molecule has 2 aromatic rings. The van der Waals surface area contributed by atoms with Gasteiger partial charge in [-0.3, -0.25) is 0 Å².